The summed E-state index contributed by atoms with van der Waals surface area (Å²) in [7, 11) is -4.54. The Morgan fingerprint density at radius 2 is 1.75 bits per heavy atom. The molecule has 1 aliphatic carbocycles. The molecule has 314 valence electrons. The van der Waals surface area contributed by atoms with Gasteiger partial charge in [-0.2, -0.15) is 0 Å². The summed E-state index contributed by atoms with van der Waals surface area (Å²) in [6.45, 7) is 5.53. The average molecular weight is 834 g/mol. The number of carbonyl (C=O) groups is 1. The molecule has 3 N–H and O–H groups in total. The molecule has 2 atom stereocenters. The summed E-state index contributed by atoms with van der Waals surface area (Å²) in [5, 5.41) is 16.0. The number of amides is 1. The van der Waals surface area contributed by atoms with Crippen LogP contribution >= 0.6 is 0 Å². The zero-order valence-corrected chi connectivity index (χ0v) is 34.4. The predicted molar refractivity (Wildman–Crippen MR) is 229 cm³/mol. The number of benzene rings is 3. The van der Waals surface area contributed by atoms with Crippen LogP contribution in [0.5, 0.6) is 11.5 Å². The number of hydrogen-bond acceptors (Lipinski definition) is 11. The van der Waals surface area contributed by atoms with Gasteiger partial charge in [0.15, 0.2) is 0 Å². The molecule has 15 heteroatoms. The van der Waals surface area contributed by atoms with E-state index in [2.05, 4.69) is 54.1 Å². The van der Waals surface area contributed by atoms with Crippen molar-refractivity contribution < 1.29 is 27.6 Å². The third kappa shape index (κ3) is 8.84. The van der Waals surface area contributed by atoms with Crippen molar-refractivity contribution in [1.29, 1.82) is 0 Å². The molecule has 4 fully saturated rings. The van der Waals surface area contributed by atoms with Crippen LogP contribution in [0, 0.1) is 22.0 Å². The summed E-state index contributed by atoms with van der Waals surface area (Å²) in [6.07, 6.45) is 12.1. The van der Waals surface area contributed by atoms with E-state index in [9.17, 15) is 23.3 Å². The summed E-state index contributed by atoms with van der Waals surface area (Å²) in [4.78, 5) is 37.5. The molecule has 9 rings (SSSR count). The second-order valence-electron chi connectivity index (χ2n) is 16.7. The number of ether oxygens (including phenoxy) is 2. The van der Waals surface area contributed by atoms with Crippen molar-refractivity contribution in [2.75, 3.05) is 56.2 Å². The van der Waals surface area contributed by atoms with Gasteiger partial charge in [0.05, 0.1) is 21.6 Å². The Kier molecular flexibility index (Phi) is 11.5. The third-order valence-corrected chi connectivity index (χ3v) is 13.9. The molecule has 0 radical (unpaired) electrons. The van der Waals surface area contributed by atoms with E-state index in [4.69, 9.17) is 9.47 Å². The highest BCUT2D eigenvalue weighted by atomic mass is 32.2. The average Bonchev–Trinajstić information content (AvgIpc) is 3.83. The molecular weight excluding hydrogens is 783 g/mol. The van der Waals surface area contributed by atoms with Crippen molar-refractivity contribution in [2.45, 2.75) is 68.2 Å². The van der Waals surface area contributed by atoms with Gasteiger partial charge in [0.2, 0.25) is 0 Å². The second-order valence-corrected chi connectivity index (χ2v) is 18.4. The molecule has 14 nitrogen and oxygen atoms in total. The van der Waals surface area contributed by atoms with Crippen LogP contribution in [0.2, 0.25) is 0 Å². The molecule has 3 saturated heterocycles. The van der Waals surface area contributed by atoms with Crippen molar-refractivity contribution in [3.63, 3.8) is 0 Å². The lowest BCUT2D eigenvalue weighted by molar-refractivity contribution is -0.384. The zero-order chi connectivity index (χ0) is 41.2. The lowest BCUT2D eigenvalue weighted by Crippen LogP contribution is -2.41. The molecule has 0 bridgehead atoms. The number of aromatic amines is 1. The first kappa shape index (κ1) is 39.9. The Morgan fingerprint density at radius 3 is 2.57 bits per heavy atom. The van der Waals surface area contributed by atoms with E-state index >= 15 is 0 Å². The number of fused-ring (bicyclic) bond motifs is 1. The largest absolute Gasteiger partial charge is 0.455 e. The minimum Gasteiger partial charge on any atom is -0.455 e. The van der Waals surface area contributed by atoms with Crippen LogP contribution in [0.25, 0.3) is 11.0 Å². The second kappa shape index (κ2) is 17.2. The van der Waals surface area contributed by atoms with Crippen LogP contribution in [0.1, 0.15) is 84.8 Å². The first-order valence-corrected chi connectivity index (χ1v) is 22.7. The van der Waals surface area contributed by atoms with Gasteiger partial charge < -0.3 is 24.7 Å². The highest BCUT2D eigenvalue weighted by molar-refractivity contribution is 7.90. The number of carbonyl (C=O) groups excluding carboxylic acids is 1. The molecule has 1 saturated carbocycles. The van der Waals surface area contributed by atoms with E-state index in [0.717, 1.165) is 69.0 Å². The van der Waals surface area contributed by atoms with Crippen molar-refractivity contribution in [2.24, 2.45) is 11.8 Å². The zero-order valence-electron chi connectivity index (χ0n) is 33.6. The van der Waals surface area contributed by atoms with Gasteiger partial charge in [0.25, 0.3) is 21.6 Å². The summed E-state index contributed by atoms with van der Waals surface area (Å²) >= 11 is 0. The van der Waals surface area contributed by atoms with Gasteiger partial charge in [-0.05, 0) is 123 Å². The lowest BCUT2D eigenvalue weighted by atomic mass is 9.93. The Hall–Kier alpha value is -5.51. The lowest BCUT2D eigenvalue weighted by Gasteiger charge is -2.38. The number of rotatable bonds is 14. The van der Waals surface area contributed by atoms with E-state index in [1.54, 1.807) is 30.6 Å². The summed E-state index contributed by atoms with van der Waals surface area (Å²) in [5.74, 6) is 1.03. The fourth-order valence-corrected chi connectivity index (χ4v) is 10.2. The maximum Gasteiger partial charge on any atom is 0.293 e. The Balaban J connectivity index is 0.942. The number of hydrogen-bond donors (Lipinski definition) is 3. The molecule has 2 aromatic heterocycles. The number of piperidine rings is 1. The molecule has 3 aliphatic heterocycles. The number of anilines is 2. The van der Waals surface area contributed by atoms with Crippen molar-refractivity contribution in [3.05, 3.63) is 112 Å². The van der Waals surface area contributed by atoms with E-state index in [-0.39, 0.29) is 22.9 Å². The molecule has 4 aliphatic rings. The normalized spacial score (nSPS) is 20.3. The van der Waals surface area contributed by atoms with Crippen LogP contribution in [0.3, 0.4) is 0 Å². The monoisotopic (exact) mass is 833 g/mol. The van der Waals surface area contributed by atoms with Crippen LogP contribution in [-0.2, 0) is 14.8 Å². The van der Waals surface area contributed by atoms with Gasteiger partial charge in [0.1, 0.15) is 22.8 Å². The summed E-state index contributed by atoms with van der Waals surface area (Å²) in [5.41, 5.74) is 4.36. The first-order valence-electron chi connectivity index (χ1n) is 21.2. The maximum atomic E-state index is 14.0. The number of nitrogens with one attached hydrogen (secondary N) is 3. The molecule has 5 heterocycles. The van der Waals surface area contributed by atoms with Gasteiger partial charge in [0, 0.05) is 74.8 Å². The Morgan fingerprint density at radius 1 is 0.933 bits per heavy atom. The molecular formula is C45H51N7O7S. The minimum absolute atomic E-state index is 0.0106. The highest BCUT2D eigenvalue weighted by Gasteiger charge is 2.35. The number of nitrogens with zero attached hydrogens (tertiary/aromatic N) is 4. The van der Waals surface area contributed by atoms with Crippen molar-refractivity contribution in [1.82, 2.24) is 19.6 Å². The smallest absolute Gasteiger partial charge is 0.293 e. The quantitative estimate of drug-likeness (QED) is 0.0728. The molecule has 1 amide bonds. The highest BCUT2D eigenvalue weighted by Crippen LogP contribution is 2.46. The standard InChI is InChI=1S/C45H51N7O7S/c53-45(49-60(56,57)36-12-14-40(42(25-36)52(54)55)47-26-30-16-21-58-22-17-30)39-13-11-34(24-43(39)59-35-23-33-15-18-46-44(33)48-27-35)50-19-3-5-31(28-50)29-51-20-4-8-41(51)38-7-2-1-6-37(38)32-9-10-32/h1-2,6-7,11-15,18,23-25,27,30-32,41,47H,3-5,8-10,16-17,19-22,26,28-29H2,(H,46,48)(H,49,53)/t31-,41-/m1/s1. The fourth-order valence-electron chi connectivity index (χ4n) is 9.26. The van der Waals surface area contributed by atoms with Crippen LogP contribution < -0.4 is 19.7 Å². The van der Waals surface area contributed by atoms with Gasteiger partial charge in [-0.25, -0.2) is 18.1 Å². The number of aromatic nitrogens is 2. The van der Waals surface area contributed by atoms with Crippen molar-refractivity contribution >= 4 is 44.0 Å². The third-order valence-electron chi connectivity index (χ3n) is 12.6. The molecule has 5 aromatic rings. The molecule has 0 unspecified atom stereocenters. The Labute approximate surface area is 349 Å². The van der Waals surface area contributed by atoms with Gasteiger partial charge in [-0.1, -0.05) is 24.3 Å². The summed E-state index contributed by atoms with van der Waals surface area (Å²) in [6, 6.07) is 21.9. The van der Waals surface area contributed by atoms with Gasteiger partial charge >= 0.3 is 0 Å². The van der Waals surface area contributed by atoms with Gasteiger partial charge in [-0.3, -0.25) is 19.8 Å². The van der Waals surface area contributed by atoms with Crippen molar-refractivity contribution in [3.8, 4) is 11.5 Å². The number of sulfonamides is 1. The van der Waals surface area contributed by atoms with Crippen LogP contribution in [0.4, 0.5) is 17.1 Å². The first-order chi connectivity index (χ1) is 29.2. The predicted octanol–water partition coefficient (Wildman–Crippen LogP) is 8.15. The number of likely N-dealkylation sites (tertiary alicyclic amines) is 1. The number of nitro benzene ring substituents is 1. The number of pyridine rings is 1. The minimum atomic E-state index is -4.54. The van der Waals surface area contributed by atoms with E-state index < -0.39 is 31.4 Å². The maximum absolute atomic E-state index is 14.0. The molecule has 60 heavy (non-hydrogen) atoms. The van der Waals surface area contributed by atoms with Gasteiger partial charge in [-0.15, -0.1) is 0 Å². The topological polar surface area (TPSA) is 172 Å². The fraction of sp³-hybridized carbons (Fsp3) is 0.422. The van der Waals surface area contributed by atoms with E-state index in [1.807, 2.05) is 12.1 Å². The number of H-pyrrole nitrogens is 1. The van der Waals surface area contributed by atoms with Crippen LogP contribution in [0.15, 0.2) is 90.1 Å². The number of nitro groups is 1. The Bertz CT molecular complexity index is 2480. The summed E-state index contributed by atoms with van der Waals surface area (Å²) < 4.78 is 41.3. The van der Waals surface area contributed by atoms with E-state index in [0.29, 0.717) is 49.0 Å². The molecule has 3 aromatic carbocycles. The molecule has 0 spiro atoms. The SMILES string of the molecule is O=C(NS(=O)(=O)c1ccc(NCC2CCOCC2)c([N+](=O)[O-])c1)c1ccc(N2CCC[C@@H](CN3CCC[C@@H]3c3ccccc3C3CC3)C2)cc1Oc1cnc2[nH]ccc2c1. The van der Waals surface area contributed by atoms with E-state index in [1.165, 1.54) is 48.9 Å². The van der Waals surface area contributed by atoms with Crippen LogP contribution in [-0.4, -0.2) is 80.1 Å².